The summed E-state index contributed by atoms with van der Waals surface area (Å²) >= 11 is 0. The summed E-state index contributed by atoms with van der Waals surface area (Å²) in [5.41, 5.74) is 0. The Hall–Kier alpha value is -1.92. The first-order valence-electron chi connectivity index (χ1n) is 36.8. The lowest BCUT2D eigenvalue weighted by atomic mass is 10.0. The second kappa shape index (κ2) is 70.6. The maximum absolute atomic E-state index is 12.5. The normalized spacial score (nSPS) is 12.7. The van der Waals surface area contributed by atoms with Crippen molar-refractivity contribution in [2.24, 2.45) is 0 Å². The number of nitrogens with one attached hydrogen (secondary N) is 1. The van der Waals surface area contributed by atoms with E-state index in [0.29, 0.717) is 19.4 Å². The molecule has 0 aliphatic rings. The minimum Gasteiger partial charge on any atom is -0.466 e. The van der Waals surface area contributed by atoms with Gasteiger partial charge in [-0.25, -0.2) is 0 Å². The minimum absolute atomic E-state index is 0.00715. The molecule has 0 radical (unpaired) electrons. The van der Waals surface area contributed by atoms with Gasteiger partial charge < -0.3 is 20.3 Å². The topological polar surface area (TPSA) is 95.9 Å². The fourth-order valence-electron chi connectivity index (χ4n) is 11.5. The first-order chi connectivity index (χ1) is 40.0. The molecular formula is C75H143NO5. The van der Waals surface area contributed by atoms with Crippen molar-refractivity contribution in [1.29, 1.82) is 0 Å². The number of carbonyl (C=O) groups excluding carboxylic acids is 2. The van der Waals surface area contributed by atoms with E-state index >= 15 is 0 Å². The summed E-state index contributed by atoms with van der Waals surface area (Å²) in [5.74, 6) is -0.0588. The second-order valence-electron chi connectivity index (χ2n) is 25.3. The van der Waals surface area contributed by atoms with Crippen LogP contribution < -0.4 is 5.32 Å². The number of amides is 1. The number of esters is 1. The lowest BCUT2D eigenvalue weighted by Crippen LogP contribution is -2.45. The third kappa shape index (κ3) is 67.1. The van der Waals surface area contributed by atoms with E-state index in [1.807, 2.05) is 6.08 Å². The van der Waals surface area contributed by atoms with Gasteiger partial charge in [0.15, 0.2) is 0 Å². The van der Waals surface area contributed by atoms with Crippen molar-refractivity contribution in [3.8, 4) is 0 Å². The zero-order valence-corrected chi connectivity index (χ0v) is 54.8. The number of hydrogen-bond donors (Lipinski definition) is 3. The van der Waals surface area contributed by atoms with Crippen LogP contribution in [0.25, 0.3) is 0 Å². The molecule has 0 bridgehead atoms. The van der Waals surface area contributed by atoms with Gasteiger partial charge in [-0.3, -0.25) is 9.59 Å². The van der Waals surface area contributed by atoms with Crippen LogP contribution in [0, 0.1) is 0 Å². The molecule has 6 heteroatoms. The van der Waals surface area contributed by atoms with E-state index in [1.165, 1.54) is 334 Å². The molecule has 478 valence electrons. The lowest BCUT2D eigenvalue weighted by Gasteiger charge is -2.20. The number of ether oxygens (including phenoxy) is 1. The SMILES string of the molecule is CCCCCCCCC/C=C\CCCCCCCC(=O)OCCCCCCCCCCCCCC/C=C\CCCCCCCCCCCCC(=O)NC(CO)C(O)/C=C/CCCCCCCCCCCCCCCCCCCCCC. The molecule has 0 aromatic carbocycles. The summed E-state index contributed by atoms with van der Waals surface area (Å²) in [6, 6.07) is -0.631. The van der Waals surface area contributed by atoms with E-state index in [2.05, 4.69) is 43.5 Å². The summed E-state index contributed by atoms with van der Waals surface area (Å²) in [4.78, 5) is 24.6. The number of aliphatic hydroxyl groups excluding tert-OH is 2. The molecule has 0 aromatic rings. The number of allylic oxidation sites excluding steroid dienone is 5. The van der Waals surface area contributed by atoms with Crippen LogP contribution >= 0.6 is 0 Å². The predicted molar refractivity (Wildman–Crippen MR) is 356 cm³/mol. The summed E-state index contributed by atoms with van der Waals surface area (Å²) in [6.07, 6.45) is 90.9. The van der Waals surface area contributed by atoms with Gasteiger partial charge in [-0.1, -0.05) is 346 Å². The highest BCUT2D eigenvalue weighted by atomic mass is 16.5. The summed E-state index contributed by atoms with van der Waals surface area (Å²) in [5, 5.41) is 23.3. The molecule has 0 saturated heterocycles. The Morgan fingerprint density at radius 2 is 0.580 bits per heavy atom. The van der Waals surface area contributed by atoms with Gasteiger partial charge in [-0.15, -0.1) is 0 Å². The second-order valence-corrected chi connectivity index (χ2v) is 25.3. The third-order valence-electron chi connectivity index (χ3n) is 17.1. The summed E-state index contributed by atoms with van der Waals surface area (Å²) in [6.45, 7) is 4.93. The van der Waals surface area contributed by atoms with Crippen molar-refractivity contribution < 1.29 is 24.5 Å². The highest BCUT2D eigenvalue weighted by Crippen LogP contribution is 2.19. The van der Waals surface area contributed by atoms with Gasteiger partial charge in [0, 0.05) is 12.8 Å². The molecule has 0 heterocycles. The van der Waals surface area contributed by atoms with Gasteiger partial charge in [0.25, 0.3) is 0 Å². The van der Waals surface area contributed by atoms with E-state index in [9.17, 15) is 19.8 Å². The Morgan fingerprint density at radius 1 is 0.333 bits per heavy atom. The van der Waals surface area contributed by atoms with Crippen molar-refractivity contribution in [3.63, 3.8) is 0 Å². The van der Waals surface area contributed by atoms with Gasteiger partial charge in [0.2, 0.25) is 5.91 Å². The average Bonchev–Trinajstić information content (AvgIpc) is 3.47. The fourth-order valence-corrected chi connectivity index (χ4v) is 11.5. The van der Waals surface area contributed by atoms with E-state index < -0.39 is 12.1 Å². The minimum atomic E-state index is -0.847. The molecule has 0 aliphatic heterocycles. The van der Waals surface area contributed by atoms with E-state index in [-0.39, 0.29) is 18.5 Å². The van der Waals surface area contributed by atoms with Crippen molar-refractivity contribution in [2.45, 2.75) is 418 Å². The van der Waals surface area contributed by atoms with Crippen LogP contribution in [0.4, 0.5) is 0 Å². The molecule has 0 fully saturated rings. The Bertz CT molecular complexity index is 1310. The van der Waals surface area contributed by atoms with Crippen LogP contribution in [0.2, 0.25) is 0 Å². The first kappa shape index (κ1) is 79.1. The standard InChI is InChI=1S/C75H143NO5/c1-3-5-7-9-11-13-15-17-19-21-22-23-30-33-36-39-43-47-51-55-59-63-67-73(78)72(71-77)76-74(79)68-64-60-56-52-48-44-40-37-34-31-28-26-24-25-27-29-32-35-38-42-46-50-54-58-62-66-70-81-75(80)69-65-61-57-53-49-45-41-20-18-16-14-12-10-8-6-4-2/h20,24,26,41,63,67,72-73,77-78H,3-19,21-23,25,27-40,42-62,64-66,68-71H2,1-2H3,(H,76,79)/b26-24-,41-20-,67-63+. The van der Waals surface area contributed by atoms with E-state index in [1.54, 1.807) is 6.08 Å². The molecule has 0 saturated carbocycles. The quantitative estimate of drug-likeness (QED) is 0.0320. The molecule has 2 atom stereocenters. The van der Waals surface area contributed by atoms with Gasteiger partial charge in [-0.2, -0.15) is 0 Å². The molecule has 0 aliphatic carbocycles. The molecule has 0 aromatic heterocycles. The zero-order valence-electron chi connectivity index (χ0n) is 54.8. The fraction of sp³-hybridized carbons (Fsp3) is 0.893. The Balaban J connectivity index is 3.42. The number of unbranched alkanes of at least 4 members (excludes halogenated alkanes) is 54. The number of carbonyl (C=O) groups is 2. The zero-order chi connectivity index (χ0) is 58.5. The largest absolute Gasteiger partial charge is 0.466 e. The Labute approximate surface area is 506 Å². The maximum Gasteiger partial charge on any atom is 0.305 e. The molecule has 2 unspecified atom stereocenters. The van der Waals surface area contributed by atoms with Gasteiger partial charge in [0.05, 0.1) is 25.4 Å². The molecule has 0 spiro atoms. The monoisotopic (exact) mass is 1140 g/mol. The van der Waals surface area contributed by atoms with E-state index in [0.717, 1.165) is 44.9 Å². The van der Waals surface area contributed by atoms with Gasteiger partial charge in [0.1, 0.15) is 0 Å². The van der Waals surface area contributed by atoms with Crippen LogP contribution in [-0.4, -0.2) is 47.4 Å². The summed E-state index contributed by atoms with van der Waals surface area (Å²) in [7, 11) is 0. The Morgan fingerprint density at radius 3 is 0.877 bits per heavy atom. The van der Waals surface area contributed by atoms with Crippen molar-refractivity contribution >= 4 is 11.9 Å². The van der Waals surface area contributed by atoms with Crippen molar-refractivity contribution in [1.82, 2.24) is 5.32 Å². The van der Waals surface area contributed by atoms with Gasteiger partial charge in [-0.05, 0) is 83.5 Å². The highest BCUT2D eigenvalue weighted by Gasteiger charge is 2.18. The predicted octanol–water partition coefficient (Wildman–Crippen LogP) is 23.9. The van der Waals surface area contributed by atoms with Crippen LogP contribution in [0.3, 0.4) is 0 Å². The van der Waals surface area contributed by atoms with E-state index in [4.69, 9.17) is 4.74 Å². The number of aliphatic hydroxyl groups is 2. The number of rotatable bonds is 69. The average molecular weight is 1140 g/mol. The molecule has 81 heavy (non-hydrogen) atoms. The highest BCUT2D eigenvalue weighted by molar-refractivity contribution is 5.76. The molecule has 1 amide bonds. The lowest BCUT2D eigenvalue weighted by molar-refractivity contribution is -0.143. The van der Waals surface area contributed by atoms with Crippen LogP contribution in [-0.2, 0) is 14.3 Å². The number of hydrogen-bond acceptors (Lipinski definition) is 5. The smallest absolute Gasteiger partial charge is 0.305 e. The molecule has 6 nitrogen and oxygen atoms in total. The third-order valence-corrected chi connectivity index (χ3v) is 17.1. The maximum atomic E-state index is 12.5. The van der Waals surface area contributed by atoms with Crippen LogP contribution in [0.5, 0.6) is 0 Å². The Kier molecular flexibility index (Phi) is 68.9. The van der Waals surface area contributed by atoms with Crippen molar-refractivity contribution in [2.75, 3.05) is 13.2 Å². The molecule has 0 rings (SSSR count). The van der Waals surface area contributed by atoms with Crippen LogP contribution in [0.1, 0.15) is 406 Å². The first-order valence-corrected chi connectivity index (χ1v) is 36.8. The van der Waals surface area contributed by atoms with Gasteiger partial charge >= 0.3 is 5.97 Å². The molecule has 3 N–H and O–H groups in total. The molecular weight excluding hydrogens is 995 g/mol. The van der Waals surface area contributed by atoms with Crippen molar-refractivity contribution in [3.05, 3.63) is 36.5 Å². The van der Waals surface area contributed by atoms with Crippen LogP contribution in [0.15, 0.2) is 36.5 Å². The summed E-state index contributed by atoms with van der Waals surface area (Å²) < 4.78 is 5.49.